The number of benzene rings is 5. The summed E-state index contributed by atoms with van der Waals surface area (Å²) in [7, 11) is -4.17. The summed E-state index contributed by atoms with van der Waals surface area (Å²) in [5, 5.41) is 43.2. The molecule has 0 saturated carbocycles. The van der Waals surface area contributed by atoms with E-state index in [9.17, 15) is 12.6 Å². The molecular weight excluding hydrogens is 1370 g/mol. The van der Waals surface area contributed by atoms with Crippen LogP contribution in [0.4, 0.5) is 0 Å². The summed E-state index contributed by atoms with van der Waals surface area (Å²) in [5.41, 5.74) is 8.21. The van der Waals surface area contributed by atoms with E-state index < -0.39 is 20.6 Å². The molecule has 0 aliphatic carbocycles. The maximum atomic E-state index is 11.0. The molecule has 87 heavy (non-hydrogen) atoms. The van der Waals surface area contributed by atoms with Crippen LogP contribution >= 0.6 is 105 Å². The van der Waals surface area contributed by atoms with Gasteiger partial charge < -0.3 is 12.6 Å². The Labute approximate surface area is 576 Å². The van der Waals surface area contributed by atoms with Gasteiger partial charge in [0.05, 0.1) is 0 Å². The second kappa shape index (κ2) is 44.1. The van der Waals surface area contributed by atoms with E-state index in [1.807, 2.05) is 103 Å². The molecule has 1 atom stereocenters. The van der Waals surface area contributed by atoms with Crippen molar-refractivity contribution in [1.82, 2.24) is 74.2 Å². The molecule has 0 saturated heterocycles. The largest absolute Gasteiger partial charge is 1.00 e. The second-order valence-electron chi connectivity index (χ2n) is 15.5. The summed E-state index contributed by atoms with van der Waals surface area (Å²) in [6, 6.07) is 36.8. The summed E-state index contributed by atoms with van der Waals surface area (Å²) in [6.45, 7) is 0. The van der Waals surface area contributed by atoms with Crippen molar-refractivity contribution in [1.29, 1.82) is 0 Å². The molecule has 1 unspecified atom stereocenters. The summed E-state index contributed by atoms with van der Waals surface area (Å²) >= 11 is 50.2. The van der Waals surface area contributed by atoms with Crippen molar-refractivity contribution in [2.45, 2.75) is 0 Å². The van der Waals surface area contributed by atoms with Crippen LogP contribution in [-0.2, 0) is 33.3 Å². The molecule has 0 bridgehead atoms. The van der Waals surface area contributed by atoms with Crippen LogP contribution in [0.25, 0.3) is 81.7 Å². The van der Waals surface area contributed by atoms with Crippen molar-refractivity contribution in [2.75, 3.05) is 25.0 Å². The Morgan fingerprint density at radius 1 is 0.529 bits per heavy atom. The Kier molecular flexibility index (Phi) is 39.3. The summed E-state index contributed by atoms with van der Waals surface area (Å²) in [5.74, 6) is 3.09. The van der Waals surface area contributed by atoms with Gasteiger partial charge >= 0.3 is 29.6 Å². The third-order valence-electron chi connectivity index (χ3n) is 9.35. The van der Waals surface area contributed by atoms with E-state index in [-0.39, 0.29) is 29.6 Å². The average Bonchev–Trinajstić information content (AvgIpc) is 4.60. The van der Waals surface area contributed by atoms with Crippen LogP contribution in [0.15, 0.2) is 186 Å². The number of nitrogens with zero attached hydrogens (tertiary/aromatic N) is 14. The minimum Gasteiger partial charge on any atom is -0.796 e. The van der Waals surface area contributed by atoms with Crippen LogP contribution in [0.1, 0.15) is 0 Å². The average molecular weight is 1420 g/mol. The third kappa shape index (κ3) is 31.0. The minimum atomic E-state index is -3.17. The molecule has 0 aliphatic heterocycles. The maximum Gasteiger partial charge on any atom is 1.00 e. The van der Waals surface area contributed by atoms with Gasteiger partial charge in [-0.25, -0.2) is 52.1 Å². The van der Waals surface area contributed by atoms with Gasteiger partial charge in [-0.15, -0.1) is 32.2 Å². The first-order valence-corrected chi connectivity index (χ1v) is 32.4. The van der Waals surface area contributed by atoms with Gasteiger partial charge in [0.2, 0.25) is 0 Å². The van der Waals surface area contributed by atoms with Gasteiger partial charge in [-0.2, -0.15) is 11.4 Å². The molecule has 10 aromatic rings. The van der Waals surface area contributed by atoms with E-state index in [2.05, 4.69) is 68.1 Å². The standard InChI is InChI=1S/C11H10ClN3O2S.C11H10ClN3OS.C11H10ClN3S.C10H7Cl2N3.C8H6ClN3.C2H2Cl2.CH4S.Na.H2O2/c1-18(16,17)6-5-15-8-13-11(14-15)9-3-2-4-10(12)7-9;1-17(16)6-5-15-8-13-11(14-15)9-3-2-4-10(12)7-9;1-16-6-5-15-8-13-11(14-15)9-3-2-4-10(12)7-9;11-4-5-15-7-13-10(14-15)8-2-1-3-9(12)6-8;9-7-3-1-2-6(4-7)8-10-5-11-12-8;3-1-2-4;1-2;;1-2/h2-8H,1H3;2-8H,1H3;2-8H,1H3;1-7H;1-5H,(H,10,11,12);1-2H;2H,1H3;;1-2H/q;;;;;;;+1;/p-1/b3*6-5-;5-4-;;2-1-;;;. The van der Waals surface area contributed by atoms with Crippen LogP contribution in [0.3, 0.4) is 0 Å². The molecule has 452 valence electrons. The zero-order valence-electron chi connectivity index (χ0n) is 46.2. The number of nitrogens with one attached hydrogen (secondary N) is 1. The van der Waals surface area contributed by atoms with Crippen molar-refractivity contribution >= 4 is 163 Å². The van der Waals surface area contributed by atoms with E-state index in [4.69, 9.17) is 103 Å². The van der Waals surface area contributed by atoms with Crippen molar-refractivity contribution in [3.63, 3.8) is 0 Å². The predicted molar refractivity (Wildman–Crippen MR) is 358 cm³/mol. The van der Waals surface area contributed by atoms with Gasteiger partial charge in [-0.05, 0) is 72.3 Å². The molecule has 5 aromatic carbocycles. The van der Waals surface area contributed by atoms with Crippen LogP contribution in [0.2, 0.25) is 25.1 Å². The molecule has 0 fully saturated rings. The zero-order valence-corrected chi connectivity index (χ0v) is 57.6. The number of aromatic nitrogens is 15. The van der Waals surface area contributed by atoms with Crippen LogP contribution in [0, 0.1) is 0 Å². The van der Waals surface area contributed by atoms with E-state index in [0.29, 0.717) is 48.4 Å². The van der Waals surface area contributed by atoms with Crippen molar-refractivity contribution < 1.29 is 52.7 Å². The topological polar surface area (TPSA) is 256 Å². The van der Waals surface area contributed by atoms with E-state index >= 15 is 0 Å². The Morgan fingerprint density at radius 2 is 0.862 bits per heavy atom. The smallest absolute Gasteiger partial charge is 0.796 e. The van der Waals surface area contributed by atoms with Crippen LogP contribution < -0.4 is 29.6 Å². The molecule has 0 radical (unpaired) electrons. The fraction of sp³-hybridized carbons (Fsp3) is 0.0741. The van der Waals surface area contributed by atoms with Gasteiger partial charge in [0.15, 0.2) is 39.0 Å². The van der Waals surface area contributed by atoms with Crippen molar-refractivity contribution in [3.8, 4) is 56.9 Å². The summed E-state index contributed by atoms with van der Waals surface area (Å²) in [4.78, 5) is 20.6. The van der Waals surface area contributed by atoms with Crippen LogP contribution in [0.5, 0.6) is 0 Å². The normalized spacial score (nSPS) is 11.0. The first-order chi connectivity index (χ1) is 41.4. The Balaban J connectivity index is 0.000000360. The number of aromatic amines is 1. The molecule has 5 heterocycles. The first-order valence-electron chi connectivity index (χ1n) is 23.6. The molecule has 5 aromatic heterocycles. The van der Waals surface area contributed by atoms with E-state index in [1.54, 1.807) is 96.7 Å². The SMILES string of the molecule is CS(=O)(=O)/C=C\n1cnc(-c2cccc(Cl)c2)n1.CS(=O)/C=C\n1cnc(-c2cccc(Cl)c2)n1.CS/C=C\n1cnc(-c2cccc(Cl)c2)n1.C[S-].Cl/C=C\Cl.Cl/C=C\n1cnc(-c2cccc(Cl)c2)n1.Clc1cccc(-c2ncn[nH]2)c1.OO.[Na+]. The Bertz CT molecular complexity index is 3880. The quantitative estimate of drug-likeness (QED) is 0.0445. The zero-order chi connectivity index (χ0) is 63.3. The summed E-state index contributed by atoms with van der Waals surface area (Å²) in [6.07, 6.45) is 20.4. The molecule has 3 N–H and O–H groups in total. The number of rotatable bonds is 12. The monoisotopic (exact) mass is 1420 g/mol. The number of thioether (sulfide) groups is 1. The number of hydrogen-bond donors (Lipinski definition) is 3. The Morgan fingerprint density at radius 3 is 1.16 bits per heavy atom. The molecule has 0 aliphatic rings. The molecule has 0 spiro atoms. The molecule has 10 rings (SSSR count). The number of halogens is 8. The number of hydrogen-bond acceptors (Lipinski definition) is 17. The fourth-order valence-electron chi connectivity index (χ4n) is 5.91. The van der Waals surface area contributed by atoms with E-state index in [0.717, 1.165) is 45.3 Å². The van der Waals surface area contributed by atoms with Crippen LogP contribution in [-0.4, -0.2) is 122 Å². The van der Waals surface area contributed by atoms with Gasteiger partial charge in [0.25, 0.3) is 0 Å². The van der Waals surface area contributed by atoms with Crippen molar-refractivity contribution in [2.24, 2.45) is 0 Å². The van der Waals surface area contributed by atoms with E-state index in [1.165, 1.54) is 54.9 Å². The van der Waals surface area contributed by atoms with Gasteiger partial charge in [0, 0.05) is 128 Å². The molecule has 0 amide bonds. The minimum absolute atomic E-state index is 0. The molecule has 20 nitrogen and oxygen atoms in total. The van der Waals surface area contributed by atoms with Gasteiger partial charge in [-0.3, -0.25) is 19.8 Å². The number of H-pyrrole nitrogens is 1. The third-order valence-corrected chi connectivity index (χ3v) is 12.5. The van der Waals surface area contributed by atoms with Gasteiger partial charge in [0.1, 0.15) is 31.6 Å². The first kappa shape index (κ1) is 77.6. The van der Waals surface area contributed by atoms with Crippen molar-refractivity contribution in [3.05, 3.63) is 211 Å². The second-order valence-corrected chi connectivity index (χ2v) is 22.4. The predicted octanol–water partition coefficient (Wildman–Crippen LogP) is 12.4. The van der Waals surface area contributed by atoms with Gasteiger partial charge in [-0.1, -0.05) is 153 Å². The fourth-order valence-corrected chi connectivity index (χ4v) is 7.86. The Hall–Kier alpha value is -5.46. The molecular formula is C54H50Cl8N15NaO5S4. The number of sulfone groups is 1. The molecule has 33 heteroatoms. The summed E-state index contributed by atoms with van der Waals surface area (Å²) < 4.78 is 38.9. The maximum absolute atomic E-state index is 11.0.